The van der Waals surface area contributed by atoms with E-state index < -0.39 is 9.04 Å². The van der Waals surface area contributed by atoms with Crippen LogP contribution in [0, 0.1) is 17.3 Å². The topological polar surface area (TPSA) is 21.3 Å². The first-order valence-electron chi connectivity index (χ1n) is 6.73. The summed E-state index contributed by atoms with van der Waals surface area (Å²) in [5.74, 6) is 1.58. The second-order valence-electron chi connectivity index (χ2n) is 6.44. The Morgan fingerprint density at radius 3 is 2.25 bits per heavy atom. The van der Waals surface area contributed by atoms with Gasteiger partial charge in [-0.05, 0) is 56.3 Å². The van der Waals surface area contributed by atoms with Crippen LogP contribution in [0.3, 0.4) is 0 Å². The highest BCUT2D eigenvalue weighted by Gasteiger charge is 2.33. The van der Waals surface area contributed by atoms with Gasteiger partial charge in [0.2, 0.25) is 0 Å². The Morgan fingerprint density at radius 2 is 1.81 bits per heavy atom. The van der Waals surface area contributed by atoms with Crippen molar-refractivity contribution in [2.75, 3.05) is 19.7 Å². The Kier molecular flexibility index (Phi) is 5.48. The quantitative estimate of drug-likeness (QED) is 0.767. The molecule has 2 nitrogen and oxygen atoms in total. The minimum Gasteiger partial charge on any atom is -0.420 e. The summed E-state index contributed by atoms with van der Waals surface area (Å²) < 4.78 is 6.00. The number of hydrogen-bond acceptors (Lipinski definition) is 2. The molecule has 1 atom stereocenters. The molecule has 16 heavy (non-hydrogen) atoms. The highest BCUT2D eigenvalue weighted by Crippen LogP contribution is 2.36. The standard InChI is InChI=1S/C13H29NOSi/c1-13(2,3)12(10-15-16(4)5)11-6-8-14-9-7-11/h11-12,14,16H,6-10H2,1-5H3. The molecule has 0 radical (unpaired) electrons. The smallest absolute Gasteiger partial charge is 0.170 e. The third-order valence-corrected chi connectivity index (χ3v) is 4.53. The van der Waals surface area contributed by atoms with Gasteiger partial charge in [-0.25, -0.2) is 0 Å². The molecule has 0 spiro atoms. The fourth-order valence-electron chi connectivity index (χ4n) is 2.64. The van der Waals surface area contributed by atoms with Crippen molar-refractivity contribution in [2.24, 2.45) is 17.3 Å². The monoisotopic (exact) mass is 243 g/mol. The zero-order chi connectivity index (χ0) is 12.2. The predicted octanol–water partition coefficient (Wildman–Crippen LogP) is 2.65. The first-order chi connectivity index (χ1) is 7.41. The van der Waals surface area contributed by atoms with Crippen LogP contribution >= 0.6 is 0 Å². The number of rotatable bonds is 4. The summed E-state index contributed by atoms with van der Waals surface area (Å²) in [7, 11) is -0.868. The largest absolute Gasteiger partial charge is 0.420 e. The van der Waals surface area contributed by atoms with Gasteiger partial charge in [-0.2, -0.15) is 0 Å². The molecule has 1 unspecified atom stereocenters. The summed E-state index contributed by atoms with van der Waals surface area (Å²) in [6, 6.07) is 0. The first kappa shape index (κ1) is 14.2. The molecule has 1 aliphatic rings. The van der Waals surface area contributed by atoms with Crippen LogP contribution < -0.4 is 5.32 Å². The van der Waals surface area contributed by atoms with E-state index in [1.165, 1.54) is 25.9 Å². The molecule has 0 bridgehead atoms. The Labute approximate surface area is 103 Å². The van der Waals surface area contributed by atoms with Crippen LogP contribution in [-0.4, -0.2) is 28.7 Å². The molecule has 1 heterocycles. The average molecular weight is 243 g/mol. The second kappa shape index (κ2) is 6.17. The highest BCUT2D eigenvalue weighted by molar-refractivity contribution is 6.48. The fourth-order valence-corrected chi connectivity index (χ4v) is 3.23. The molecule has 0 amide bonds. The van der Waals surface area contributed by atoms with E-state index >= 15 is 0 Å². The zero-order valence-corrected chi connectivity index (χ0v) is 12.8. The maximum absolute atomic E-state index is 6.00. The lowest BCUT2D eigenvalue weighted by atomic mass is 9.70. The van der Waals surface area contributed by atoms with Crippen molar-refractivity contribution in [3.8, 4) is 0 Å². The van der Waals surface area contributed by atoms with Crippen molar-refractivity contribution in [3.05, 3.63) is 0 Å². The number of hydrogen-bond donors (Lipinski definition) is 1. The van der Waals surface area contributed by atoms with E-state index in [4.69, 9.17) is 4.43 Å². The van der Waals surface area contributed by atoms with E-state index in [0.29, 0.717) is 5.41 Å². The van der Waals surface area contributed by atoms with Gasteiger partial charge >= 0.3 is 0 Å². The van der Waals surface area contributed by atoms with E-state index in [-0.39, 0.29) is 0 Å². The van der Waals surface area contributed by atoms with Crippen LogP contribution in [0.25, 0.3) is 0 Å². The third kappa shape index (κ3) is 4.56. The molecule has 96 valence electrons. The van der Waals surface area contributed by atoms with Gasteiger partial charge < -0.3 is 9.74 Å². The normalized spacial score (nSPS) is 21.4. The van der Waals surface area contributed by atoms with Gasteiger partial charge in [0, 0.05) is 6.61 Å². The lowest BCUT2D eigenvalue weighted by molar-refractivity contribution is 0.0739. The third-order valence-electron chi connectivity index (χ3n) is 3.67. The molecule has 1 saturated heterocycles. The molecule has 0 aromatic heterocycles. The predicted molar refractivity (Wildman–Crippen MR) is 73.4 cm³/mol. The molecule has 0 aromatic carbocycles. The van der Waals surface area contributed by atoms with Crippen LogP contribution in [0.1, 0.15) is 33.6 Å². The van der Waals surface area contributed by atoms with E-state index in [1.54, 1.807) is 0 Å². The van der Waals surface area contributed by atoms with Crippen LogP contribution in [0.4, 0.5) is 0 Å². The van der Waals surface area contributed by atoms with Crippen LogP contribution in [0.5, 0.6) is 0 Å². The lowest BCUT2D eigenvalue weighted by Gasteiger charge is -2.39. The van der Waals surface area contributed by atoms with Gasteiger partial charge in [-0.15, -0.1) is 0 Å². The highest BCUT2D eigenvalue weighted by atomic mass is 28.3. The summed E-state index contributed by atoms with van der Waals surface area (Å²) in [5, 5.41) is 3.45. The minimum absolute atomic E-state index is 0.380. The second-order valence-corrected chi connectivity index (χ2v) is 8.87. The Bertz CT molecular complexity index is 195. The maximum atomic E-state index is 6.00. The van der Waals surface area contributed by atoms with Crippen molar-refractivity contribution in [1.82, 2.24) is 5.32 Å². The van der Waals surface area contributed by atoms with E-state index in [0.717, 1.165) is 18.4 Å². The van der Waals surface area contributed by atoms with Crippen molar-refractivity contribution in [3.63, 3.8) is 0 Å². The SMILES string of the molecule is C[SiH](C)OCC(C1CCNCC1)C(C)(C)C. The summed E-state index contributed by atoms with van der Waals surface area (Å²) in [6.45, 7) is 15.0. The van der Waals surface area contributed by atoms with Crippen LogP contribution in [0.15, 0.2) is 0 Å². The van der Waals surface area contributed by atoms with Crippen molar-refractivity contribution in [2.45, 2.75) is 46.7 Å². The van der Waals surface area contributed by atoms with Gasteiger partial charge in [0.05, 0.1) is 0 Å². The minimum atomic E-state index is -0.868. The van der Waals surface area contributed by atoms with Crippen LogP contribution in [-0.2, 0) is 4.43 Å². The molecular formula is C13H29NOSi. The zero-order valence-electron chi connectivity index (χ0n) is 11.7. The Morgan fingerprint density at radius 1 is 1.25 bits per heavy atom. The summed E-state index contributed by atoms with van der Waals surface area (Å²) >= 11 is 0. The number of nitrogens with one attached hydrogen (secondary N) is 1. The summed E-state index contributed by atoms with van der Waals surface area (Å²) in [5.41, 5.74) is 0.380. The average Bonchev–Trinajstić information content (AvgIpc) is 2.17. The molecule has 1 rings (SSSR count). The van der Waals surface area contributed by atoms with Gasteiger partial charge in [0.15, 0.2) is 9.04 Å². The molecule has 0 aromatic rings. The van der Waals surface area contributed by atoms with Crippen molar-refractivity contribution < 1.29 is 4.43 Å². The summed E-state index contributed by atoms with van der Waals surface area (Å²) in [4.78, 5) is 0. The van der Waals surface area contributed by atoms with Gasteiger partial charge in [-0.3, -0.25) is 0 Å². The molecule has 1 aliphatic heterocycles. The van der Waals surface area contributed by atoms with Crippen molar-refractivity contribution in [1.29, 1.82) is 0 Å². The van der Waals surface area contributed by atoms with E-state index in [1.807, 2.05) is 0 Å². The van der Waals surface area contributed by atoms with E-state index in [2.05, 4.69) is 39.2 Å². The molecule has 0 aliphatic carbocycles. The molecule has 1 fully saturated rings. The van der Waals surface area contributed by atoms with E-state index in [9.17, 15) is 0 Å². The molecule has 1 N–H and O–H groups in total. The molecule has 3 heteroatoms. The molecule has 0 saturated carbocycles. The first-order valence-corrected chi connectivity index (χ1v) is 9.51. The van der Waals surface area contributed by atoms with Gasteiger partial charge in [-0.1, -0.05) is 20.8 Å². The van der Waals surface area contributed by atoms with Gasteiger partial charge in [0.25, 0.3) is 0 Å². The summed E-state index contributed by atoms with van der Waals surface area (Å²) in [6.07, 6.45) is 2.65. The number of piperidine rings is 1. The lowest BCUT2D eigenvalue weighted by Crippen LogP contribution is -2.39. The van der Waals surface area contributed by atoms with Gasteiger partial charge in [0.1, 0.15) is 0 Å². The Balaban J connectivity index is 2.55. The maximum Gasteiger partial charge on any atom is 0.170 e. The van der Waals surface area contributed by atoms with Crippen molar-refractivity contribution >= 4 is 9.04 Å². The Hall–Kier alpha value is 0.137. The fraction of sp³-hybridized carbons (Fsp3) is 1.00. The molecular weight excluding hydrogens is 214 g/mol. The van der Waals surface area contributed by atoms with Crippen LogP contribution in [0.2, 0.25) is 13.1 Å².